The molecule has 0 bridgehead atoms. The fourth-order valence-electron chi connectivity index (χ4n) is 4.52. The van der Waals surface area contributed by atoms with Gasteiger partial charge < -0.3 is 19.5 Å². The van der Waals surface area contributed by atoms with Gasteiger partial charge in [-0.05, 0) is 36.8 Å². The number of amides is 2. The molecule has 2 aromatic rings. The van der Waals surface area contributed by atoms with Crippen molar-refractivity contribution < 1.29 is 32.2 Å². The Balaban J connectivity index is 1.53. The lowest BCUT2D eigenvalue weighted by atomic mass is 10.2. The SMILES string of the molecule is COc1ccc(OC)c(NC(=O)CC2SC(=Nc3cccc(S(=O)(=O)N(C)C)c3)N(CCCN3CCOCC3)C2=O)c1. The quantitative estimate of drug-likeness (QED) is 0.381. The number of sulfonamides is 1. The van der Waals surface area contributed by atoms with Crippen LogP contribution in [0.5, 0.6) is 11.5 Å². The van der Waals surface area contributed by atoms with Gasteiger partial charge in [0.2, 0.25) is 21.8 Å². The number of thioether (sulfide) groups is 1. The number of hydrogen-bond acceptors (Lipinski definition) is 10. The molecule has 2 aliphatic heterocycles. The third-order valence-corrected chi connectivity index (χ3v) is 9.84. The molecule has 42 heavy (non-hydrogen) atoms. The summed E-state index contributed by atoms with van der Waals surface area (Å²) in [5, 5.41) is 2.56. The van der Waals surface area contributed by atoms with E-state index < -0.39 is 15.3 Å². The Labute approximate surface area is 251 Å². The van der Waals surface area contributed by atoms with Gasteiger partial charge in [-0.25, -0.2) is 17.7 Å². The van der Waals surface area contributed by atoms with Crippen LogP contribution >= 0.6 is 11.8 Å². The van der Waals surface area contributed by atoms with Crippen molar-refractivity contribution >= 4 is 50.1 Å². The maximum atomic E-state index is 13.6. The van der Waals surface area contributed by atoms with Crippen LogP contribution in [0.15, 0.2) is 52.4 Å². The van der Waals surface area contributed by atoms with Crippen LogP contribution < -0.4 is 14.8 Å². The standard InChI is InChI=1S/C28H37N5O7S2/c1-31(2)42(36,37)22-8-5-7-20(17-22)29-28-33(12-6-11-32-13-15-40-16-14-32)27(35)25(41-28)19-26(34)30-23-18-21(38-3)9-10-24(23)39-4/h5,7-10,17-18,25H,6,11-16,19H2,1-4H3,(H,30,34). The zero-order valence-electron chi connectivity index (χ0n) is 24.2. The Morgan fingerprint density at radius 3 is 2.57 bits per heavy atom. The lowest BCUT2D eigenvalue weighted by Crippen LogP contribution is -2.39. The van der Waals surface area contributed by atoms with Crippen molar-refractivity contribution in [3.8, 4) is 11.5 Å². The van der Waals surface area contributed by atoms with Crippen molar-refractivity contribution in [2.45, 2.75) is 23.0 Å². The lowest BCUT2D eigenvalue weighted by Gasteiger charge is -2.27. The van der Waals surface area contributed by atoms with Gasteiger partial charge in [-0.1, -0.05) is 17.8 Å². The highest BCUT2D eigenvalue weighted by Gasteiger charge is 2.39. The normalized spacial score (nSPS) is 19.0. The number of ether oxygens (including phenoxy) is 3. The van der Waals surface area contributed by atoms with Crippen LogP contribution in [-0.2, 0) is 24.3 Å². The van der Waals surface area contributed by atoms with Crippen LogP contribution in [0.25, 0.3) is 0 Å². The molecular formula is C28H37N5O7S2. The molecule has 0 spiro atoms. The van der Waals surface area contributed by atoms with Gasteiger partial charge in [-0.3, -0.25) is 19.4 Å². The van der Waals surface area contributed by atoms with Gasteiger partial charge in [0.25, 0.3) is 0 Å². The van der Waals surface area contributed by atoms with Gasteiger partial charge in [0.05, 0.1) is 43.7 Å². The average Bonchev–Trinajstić information content (AvgIpc) is 3.26. The summed E-state index contributed by atoms with van der Waals surface area (Å²) in [5.41, 5.74) is 0.838. The molecule has 0 saturated carbocycles. The zero-order chi connectivity index (χ0) is 30.3. The van der Waals surface area contributed by atoms with Crippen LogP contribution in [0.2, 0.25) is 0 Å². The summed E-state index contributed by atoms with van der Waals surface area (Å²) >= 11 is 1.20. The molecule has 2 fully saturated rings. The van der Waals surface area contributed by atoms with Crippen LogP contribution in [0, 0.1) is 0 Å². The molecule has 4 rings (SSSR count). The zero-order valence-corrected chi connectivity index (χ0v) is 25.9. The molecule has 2 aromatic carbocycles. The minimum Gasteiger partial charge on any atom is -0.497 e. The number of morpholine rings is 1. The van der Waals surface area contributed by atoms with Crippen molar-refractivity contribution in [2.75, 3.05) is 73.0 Å². The molecule has 14 heteroatoms. The van der Waals surface area contributed by atoms with E-state index in [0.717, 1.165) is 23.9 Å². The molecule has 0 radical (unpaired) electrons. The Hall–Kier alpha value is -3.17. The second kappa shape index (κ2) is 14.3. The van der Waals surface area contributed by atoms with Gasteiger partial charge >= 0.3 is 0 Å². The highest BCUT2D eigenvalue weighted by molar-refractivity contribution is 8.15. The third kappa shape index (κ3) is 7.81. The monoisotopic (exact) mass is 619 g/mol. The number of benzene rings is 2. The predicted octanol–water partition coefficient (Wildman–Crippen LogP) is 2.64. The largest absolute Gasteiger partial charge is 0.497 e. The summed E-state index contributed by atoms with van der Waals surface area (Å²) in [4.78, 5) is 35.3. The Morgan fingerprint density at radius 2 is 1.88 bits per heavy atom. The summed E-state index contributed by atoms with van der Waals surface area (Å²) < 4.78 is 42.5. The van der Waals surface area contributed by atoms with E-state index >= 15 is 0 Å². The minimum atomic E-state index is -3.66. The van der Waals surface area contributed by atoms with Crippen LogP contribution in [-0.4, -0.2) is 112 Å². The van der Waals surface area contributed by atoms with E-state index in [4.69, 9.17) is 14.2 Å². The molecule has 2 amide bonds. The second-order valence-electron chi connectivity index (χ2n) is 9.90. The molecule has 1 N–H and O–H groups in total. The van der Waals surface area contributed by atoms with Gasteiger partial charge in [0.15, 0.2) is 5.17 Å². The first-order valence-electron chi connectivity index (χ1n) is 13.5. The van der Waals surface area contributed by atoms with E-state index in [-0.39, 0.29) is 23.1 Å². The fourth-order valence-corrected chi connectivity index (χ4v) is 6.65. The first-order valence-corrected chi connectivity index (χ1v) is 15.9. The molecule has 2 aliphatic rings. The van der Waals surface area contributed by atoms with E-state index in [1.807, 2.05) is 0 Å². The van der Waals surface area contributed by atoms with E-state index in [1.165, 1.54) is 52.2 Å². The number of carbonyl (C=O) groups excluding carboxylic acids is 2. The van der Waals surface area contributed by atoms with E-state index in [2.05, 4.69) is 15.2 Å². The smallest absolute Gasteiger partial charge is 0.242 e. The fraction of sp³-hybridized carbons (Fsp3) is 0.464. The van der Waals surface area contributed by atoms with Crippen molar-refractivity contribution in [3.63, 3.8) is 0 Å². The molecule has 1 atom stereocenters. The molecule has 2 saturated heterocycles. The van der Waals surface area contributed by atoms with E-state index in [1.54, 1.807) is 35.2 Å². The number of anilines is 1. The van der Waals surface area contributed by atoms with Crippen LogP contribution in [0.3, 0.4) is 0 Å². The topological polar surface area (TPSA) is 130 Å². The molecule has 1 unspecified atom stereocenters. The average molecular weight is 620 g/mol. The van der Waals surface area contributed by atoms with Gasteiger partial charge in [-0.2, -0.15) is 0 Å². The summed E-state index contributed by atoms with van der Waals surface area (Å²) in [6.07, 6.45) is 0.623. The molecule has 0 aliphatic carbocycles. The molecule has 2 heterocycles. The molecule has 0 aromatic heterocycles. The van der Waals surface area contributed by atoms with Crippen molar-refractivity contribution in [1.82, 2.24) is 14.1 Å². The lowest BCUT2D eigenvalue weighted by molar-refractivity contribution is -0.128. The Morgan fingerprint density at radius 1 is 1.12 bits per heavy atom. The van der Waals surface area contributed by atoms with Crippen LogP contribution in [0.4, 0.5) is 11.4 Å². The predicted molar refractivity (Wildman–Crippen MR) is 162 cm³/mol. The van der Waals surface area contributed by atoms with Crippen molar-refractivity contribution in [2.24, 2.45) is 4.99 Å². The number of methoxy groups -OCH3 is 2. The Bertz CT molecular complexity index is 1410. The van der Waals surface area contributed by atoms with E-state index in [9.17, 15) is 18.0 Å². The summed E-state index contributed by atoms with van der Waals surface area (Å²) in [5.74, 6) is 0.442. The minimum absolute atomic E-state index is 0.0854. The third-order valence-electron chi connectivity index (χ3n) is 6.85. The first-order chi connectivity index (χ1) is 20.1. The number of aliphatic imine (C=N–C) groups is 1. The van der Waals surface area contributed by atoms with Gasteiger partial charge in [-0.15, -0.1) is 0 Å². The van der Waals surface area contributed by atoms with Gasteiger partial charge in [0.1, 0.15) is 16.7 Å². The molecular weight excluding hydrogens is 582 g/mol. The molecule has 228 valence electrons. The summed E-state index contributed by atoms with van der Waals surface area (Å²) in [7, 11) is 2.30. The number of amidine groups is 1. The number of nitrogens with one attached hydrogen (secondary N) is 1. The maximum Gasteiger partial charge on any atom is 0.242 e. The first kappa shape index (κ1) is 31.8. The highest BCUT2D eigenvalue weighted by atomic mass is 32.2. The number of carbonyl (C=O) groups is 2. The Kier molecular flexibility index (Phi) is 10.8. The molecule has 12 nitrogen and oxygen atoms in total. The van der Waals surface area contributed by atoms with Crippen molar-refractivity contribution in [1.29, 1.82) is 0 Å². The van der Waals surface area contributed by atoms with Crippen LogP contribution in [0.1, 0.15) is 12.8 Å². The van der Waals surface area contributed by atoms with Crippen molar-refractivity contribution in [3.05, 3.63) is 42.5 Å². The summed E-state index contributed by atoms with van der Waals surface area (Å²) in [6.45, 7) is 4.27. The van der Waals surface area contributed by atoms with E-state index in [0.29, 0.717) is 54.2 Å². The number of nitrogens with zero attached hydrogens (tertiary/aromatic N) is 4. The maximum absolute atomic E-state index is 13.6. The number of hydrogen-bond donors (Lipinski definition) is 1. The number of rotatable bonds is 12. The highest BCUT2D eigenvalue weighted by Crippen LogP contribution is 2.34. The van der Waals surface area contributed by atoms with Gasteiger partial charge in [0, 0.05) is 52.8 Å². The second-order valence-corrected chi connectivity index (χ2v) is 13.2. The summed E-state index contributed by atoms with van der Waals surface area (Å²) in [6, 6.07) is 11.4.